The molecule has 0 heterocycles. The Hall–Kier alpha value is -2.82. The summed E-state index contributed by atoms with van der Waals surface area (Å²) in [6.07, 6.45) is 0.847. The lowest BCUT2D eigenvalue weighted by Gasteiger charge is -2.29. The normalized spacial score (nSPS) is 11.6. The number of ether oxygens (including phenoxy) is 1. The van der Waals surface area contributed by atoms with E-state index in [1.54, 1.807) is 11.8 Å². The molecule has 0 aliphatic rings. The maximum atomic E-state index is 13.0. The summed E-state index contributed by atoms with van der Waals surface area (Å²) in [7, 11) is 0. The van der Waals surface area contributed by atoms with Crippen molar-refractivity contribution < 1.29 is 14.3 Å². The topological polar surface area (TPSA) is 58.6 Å². The number of benzene rings is 2. The van der Waals surface area contributed by atoms with Crippen LogP contribution in [-0.2, 0) is 16.1 Å². The SMILES string of the molecule is CCCNC(=O)[C@@H](C)N(Cc1ccc(C)cc1)C(=O)COc1cc(C)ccc1C. The molecule has 0 unspecified atom stereocenters. The largest absolute Gasteiger partial charge is 0.483 e. The molecule has 5 nitrogen and oxygen atoms in total. The van der Waals surface area contributed by atoms with Crippen LogP contribution in [0.15, 0.2) is 42.5 Å². The Morgan fingerprint density at radius 3 is 2.34 bits per heavy atom. The van der Waals surface area contributed by atoms with Gasteiger partial charge in [-0.2, -0.15) is 0 Å². The molecule has 156 valence electrons. The number of nitrogens with zero attached hydrogens (tertiary/aromatic N) is 1. The third-order valence-corrected chi connectivity index (χ3v) is 4.88. The van der Waals surface area contributed by atoms with Crippen molar-refractivity contribution in [3.05, 3.63) is 64.7 Å². The fraction of sp³-hybridized carbons (Fsp3) is 0.417. The molecular weight excluding hydrogens is 364 g/mol. The lowest BCUT2D eigenvalue weighted by molar-refractivity contribution is -0.142. The Morgan fingerprint density at radius 2 is 1.69 bits per heavy atom. The quantitative estimate of drug-likeness (QED) is 0.699. The minimum Gasteiger partial charge on any atom is -0.483 e. The van der Waals surface area contributed by atoms with Gasteiger partial charge in [0.05, 0.1) is 0 Å². The highest BCUT2D eigenvalue weighted by Crippen LogP contribution is 2.19. The molecule has 0 saturated carbocycles. The first-order valence-corrected chi connectivity index (χ1v) is 10.1. The smallest absolute Gasteiger partial charge is 0.261 e. The second-order valence-corrected chi connectivity index (χ2v) is 7.53. The van der Waals surface area contributed by atoms with Gasteiger partial charge in [-0.1, -0.05) is 48.9 Å². The van der Waals surface area contributed by atoms with E-state index >= 15 is 0 Å². The standard InChI is InChI=1S/C24H32N2O3/c1-6-13-25-24(28)20(5)26(15-21-11-8-17(2)9-12-21)23(27)16-29-22-14-18(3)7-10-19(22)4/h7-12,14,20H,6,13,15-16H2,1-5H3,(H,25,28)/t20-/m1/s1. The van der Waals surface area contributed by atoms with E-state index in [9.17, 15) is 9.59 Å². The fourth-order valence-corrected chi connectivity index (χ4v) is 2.95. The molecular formula is C24H32N2O3. The zero-order valence-corrected chi connectivity index (χ0v) is 18.1. The average Bonchev–Trinajstić information content (AvgIpc) is 2.71. The van der Waals surface area contributed by atoms with Crippen LogP contribution in [0.25, 0.3) is 0 Å². The number of nitrogens with one attached hydrogen (secondary N) is 1. The predicted molar refractivity (Wildman–Crippen MR) is 116 cm³/mol. The van der Waals surface area contributed by atoms with Gasteiger partial charge in [0, 0.05) is 13.1 Å². The molecule has 2 aromatic rings. The van der Waals surface area contributed by atoms with Gasteiger partial charge in [-0.15, -0.1) is 0 Å². The number of rotatable bonds is 9. The highest BCUT2D eigenvalue weighted by molar-refractivity contribution is 5.87. The maximum absolute atomic E-state index is 13.0. The first-order valence-electron chi connectivity index (χ1n) is 10.1. The van der Waals surface area contributed by atoms with Gasteiger partial charge in [0.1, 0.15) is 11.8 Å². The molecule has 0 spiro atoms. The van der Waals surface area contributed by atoms with Gasteiger partial charge in [-0.3, -0.25) is 9.59 Å². The van der Waals surface area contributed by atoms with Crippen molar-refractivity contribution in [3.63, 3.8) is 0 Å². The van der Waals surface area contributed by atoms with Crippen molar-refractivity contribution in [1.29, 1.82) is 0 Å². The second kappa shape index (κ2) is 10.6. The fourth-order valence-electron chi connectivity index (χ4n) is 2.95. The van der Waals surface area contributed by atoms with Crippen LogP contribution in [0.1, 0.15) is 42.5 Å². The van der Waals surface area contributed by atoms with Crippen LogP contribution in [0, 0.1) is 20.8 Å². The number of aryl methyl sites for hydroxylation is 3. The monoisotopic (exact) mass is 396 g/mol. The number of carbonyl (C=O) groups excluding carboxylic acids is 2. The van der Waals surface area contributed by atoms with Crippen LogP contribution in [0.4, 0.5) is 0 Å². The van der Waals surface area contributed by atoms with Crippen LogP contribution >= 0.6 is 0 Å². The Morgan fingerprint density at radius 1 is 1.03 bits per heavy atom. The first kappa shape index (κ1) is 22.5. The zero-order chi connectivity index (χ0) is 21.4. The van der Waals surface area contributed by atoms with Gasteiger partial charge in [0.25, 0.3) is 5.91 Å². The molecule has 2 aromatic carbocycles. The van der Waals surface area contributed by atoms with Crippen molar-refractivity contribution in [2.75, 3.05) is 13.2 Å². The van der Waals surface area contributed by atoms with Crippen molar-refractivity contribution in [1.82, 2.24) is 10.2 Å². The summed E-state index contributed by atoms with van der Waals surface area (Å²) in [5.74, 6) is 0.321. The van der Waals surface area contributed by atoms with E-state index in [1.165, 1.54) is 0 Å². The molecule has 0 aliphatic heterocycles. The van der Waals surface area contributed by atoms with Gasteiger partial charge in [0.2, 0.25) is 5.91 Å². The highest BCUT2D eigenvalue weighted by atomic mass is 16.5. The second-order valence-electron chi connectivity index (χ2n) is 7.53. The summed E-state index contributed by atoms with van der Waals surface area (Å²) in [6, 6.07) is 13.3. The van der Waals surface area contributed by atoms with E-state index in [0.717, 1.165) is 28.7 Å². The minimum atomic E-state index is -0.586. The molecule has 2 rings (SSSR count). The molecule has 2 amide bonds. The molecule has 1 N–H and O–H groups in total. The van der Waals surface area contributed by atoms with Gasteiger partial charge in [-0.25, -0.2) is 0 Å². The van der Waals surface area contributed by atoms with E-state index in [0.29, 0.717) is 18.8 Å². The average molecular weight is 397 g/mol. The first-order chi connectivity index (χ1) is 13.8. The van der Waals surface area contributed by atoms with Crippen molar-refractivity contribution in [2.24, 2.45) is 0 Å². The summed E-state index contributed by atoms with van der Waals surface area (Å²) in [6.45, 7) is 10.5. The molecule has 0 saturated heterocycles. The Bertz CT molecular complexity index is 831. The predicted octanol–water partition coefficient (Wildman–Crippen LogP) is 3.93. The molecule has 0 aromatic heterocycles. The number of hydrogen-bond donors (Lipinski definition) is 1. The molecule has 5 heteroatoms. The molecule has 0 radical (unpaired) electrons. The number of amides is 2. The minimum absolute atomic E-state index is 0.110. The third-order valence-electron chi connectivity index (χ3n) is 4.88. The molecule has 0 fully saturated rings. The Balaban J connectivity index is 2.15. The van der Waals surface area contributed by atoms with Gasteiger partial charge < -0.3 is 15.0 Å². The third kappa shape index (κ3) is 6.63. The van der Waals surface area contributed by atoms with E-state index in [1.807, 2.05) is 70.2 Å². The lowest BCUT2D eigenvalue weighted by atomic mass is 10.1. The van der Waals surface area contributed by atoms with Crippen LogP contribution in [0.5, 0.6) is 5.75 Å². The van der Waals surface area contributed by atoms with Gasteiger partial charge in [-0.05, 0) is 56.9 Å². The van der Waals surface area contributed by atoms with Crippen molar-refractivity contribution in [3.8, 4) is 5.75 Å². The molecule has 1 atom stereocenters. The summed E-state index contributed by atoms with van der Waals surface area (Å²) in [5, 5.41) is 2.88. The summed E-state index contributed by atoms with van der Waals surface area (Å²) >= 11 is 0. The van der Waals surface area contributed by atoms with Gasteiger partial charge >= 0.3 is 0 Å². The van der Waals surface area contributed by atoms with E-state index < -0.39 is 6.04 Å². The Kier molecular flexibility index (Phi) is 8.25. The zero-order valence-electron chi connectivity index (χ0n) is 18.1. The molecule has 29 heavy (non-hydrogen) atoms. The van der Waals surface area contributed by atoms with Crippen molar-refractivity contribution >= 4 is 11.8 Å². The Labute approximate surface area is 174 Å². The van der Waals surface area contributed by atoms with Crippen LogP contribution in [0.3, 0.4) is 0 Å². The van der Waals surface area contributed by atoms with Gasteiger partial charge in [0.15, 0.2) is 6.61 Å². The highest BCUT2D eigenvalue weighted by Gasteiger charge is 2.26. The van der Waals surface area contributed by atoms with Crippen molar-refractivity contribution in [2.45, 2.75) is 53.6 Å². The summed E-state index contributed by atoms with van der Waals surface area (Å²) in [5.41, 5.74) is 4.17. The van der Waals surface area contributed by atoms with E-state index in [2.05, 4.69) is 5.32 Å². The van der Waals surface area contributed by atoms with Crippen LogP contribution in [0.2, 0.25) is 0 Å². The van der Waals surface area contributed by atoms with E-state index in [-0.39, 0.29) is 18.4 Å². The maximum Gasteiger partial charge on any atom is 0.261 e. The van der Waals surface area contributed by atoms with E-state index in [4.69, 9.17) is 4.74 Å². The summed E-state index contributed by atoms with van der Waals surface area (Å²) < 4.78 is 5.81. The lowest BCUT2D eigenvalue weighted by Crippen LogP contribution is -2.49. The summed E-state index contributed by atoms with van der Waals surface area (Å²) in [4.78, 5) is 27.1. The number of hydrogen-bond acceptors (Lipinski definition) is 3. The molecule has 0 aliphatic carbocycles. The molecule has 0 bridgehead atoms. The van der Waals surface area contributed by atoms with Crippen LogP contribution in [-0.4, -0.2) is 35.9 Å². The number of carbonyl (C=O) groups is 2. The van der Waals surface area contributed by atoms with Crippen LogP contribution < -0.4 is 10.1 Å².